The quantitative estimate of drug-likeness (QED) is 0.779. The van der Waals surface area contributed by atoms with Gasteiger partial charge in [0.1, 0.15) is 4.60 Å². The molecular formula is C12H16BrN3O3S. The molecule has 2 heterocycles. The van der Waals surface area contributed by atoms with Gasteiger partial charge in [-0.05, 0) is 34.5 Å². The van der Waals surface area contributed by atoms with Crippen LogP contribution in [0.2, 0.25) is 0 Å². The molecule has 0 aromatic carbocycles. The van der Waals surface area contributed by atoms with Gasteiger partial charge in [-0.15, -0.1) is 0 Å². The third-order valence-corrected chi connectivity index (χ3v) is 5.60. The summed E-state index contributed by atoms with van der Waals surface area (Å²) in [5.41, 5.74) is 1.52. The molecule has 1 amide bonds. The van der Waals surface area contributed by atoms with Crippen LogP contribution in [0.5, 0.6) is 0 Å². The average molecular weight is 362 g/mol. The molecule has 110 valence electrons. The molecule has 2 rings (SSSR count). The molecule has 20 heavy (non-hydrogen) atoms. The van der Waals surface area contributed by atoms with Crippen LogP contribution >= 0.6 is 15.9 Å². The van der Waals surface area contributed by atoms with E-state index in [1.807, 2.05) is 6.92 Å². The third kappa shape index (κ3) is 4.26. The van der Waals surface area contributed by atoms with E-state index in [9.17, 15) is 13.2 Å². The molecule has 1 aliphatic rings. The zero-order chi connectivity index (χ0) is 14.8. The van der Waals surface area contributed by atoms with Gasteiger partial charge in [0, 0.05) is 19.0 Å². The van der Waals surface area contributed by atoms with Gasteiger partial charge in [-0.25, -0.2) is 13.4 Å². The number of rotatable bonds is 3. The van der Waals surface area contributed by atoms with Gasteiger partial charge in [0.2, 0.25) is 5.91 Å². The lowest BCUT2D eigenvalue weighted by molar-refractivity contribution is -0.116. The molecule has 0 radical (unpaired) electrons. The normalized spacial score (nSPS) is 21.4. The lowest BCUT2D eigenvalue weighted by atomic mass is 10.2. The lowest BCUT2D eigenvalue weighted by Crippen LogP contribution is -2.46. The Morgan fingerprint density at radius 3 is 3.00 bits per heavy atom. The van der Waals surface area contributed by atoms with Crippen molar-refractivity contribution in [1.29, 1.82) is 0 Å². The molecule has 0 spiro atoms. The first-order valence-corrected chi connectivity index (χ1v) is 8.83. The summed E-state index contributed by atoms with van der Waals surface area (Å²) >= 11 is 3.29. The first-order valence-electron chi connectivity index (χ1n) is 6.21. The fourth-order valence-corrected chi connectivity index (χ4v) is 3.72. The summed E-state index contributed by atoms with van der Waals surface area (Å²) in [6.07, 6.45) is 1.69. The van der Waals surface area contributed by atoms with Gasteiger partial charge in [-0.2, -0.15) is 0 Å². The number of hydrogen-bond donors (Lipinski definition) is 2. The van der Waals surface area contributed by atoms with Crippen LogP contribution in [0, 0.1) is 6.92 Å². The van der Waals surface area contributed by atoms with Crippen molar-refractivity contribution >= 4 is 37.4 Å². The third-order valence-electron chi connectivity index (χ3n) is 3.03. The van der Waals surface area contributed by atoms with E-state index in [2.05, 4.69) is 31.5 Å². The Hall–Kier alpha value is -0.990. The molecule has 8 heteroatoms. The van der Waals surface area contributed by atoms with Crippen LogP contribution < -0.4 is 10.6 Å². The van der Waals surface area contributed by atoms with E-state index >= 15 is 0 Å². The van der Waals surface area contributed by atoms with E-state index in [1.54, 1.807) is 12.3 Å². The smallest absolute Gasteiger partial charge is 0.226 e. The second kappa shape index (κ2) is 6.19. The number of aryl methyl sites for hydroxylation is 1. The molecule has 1 atom stereocenters. The van der Waals surface area contributed by atoms with E-state index in [0.717, 1.165) is 10.2 Å². The Labute approximate surface area is 126 Å². The van der Waals surface area contributed by atoms with Crippen molar-refractivity contribution in [1.82, 2.24) is 10.3 Å². The van der Waals surface area contributed by atoms with Gasteiger partial charge < -0.3 is 10.6 Å². The van der Waals surface area contributed by atoms with Crippen LogP contribution in [-0.4, -0.2) is 43.4 Å². The molecule has 1 fully saturated rings. The molecule has 0 saturated carbocycles. The Kier molecular flexibility index (Phi) is 4.77. The Balaban J connectivity index is 1.93. The minimum absolute atomic E-state index is 0.0119. The number of carbonyl (C=O) groups is 1. The predicted molar refractivity (Wildman–Crippen MR) is 80.4 cm³/mol. The molecule has 0 aliphatic carbocycles. The Bertz CT molecular complexity index is 618. The highest BCUT2D eigenvalue weighted by Crippen LogP contribution is 2.17. The zero-order valence-corrected chi connectivity index (χ0v) is 13.4. The molecule has 1 saturated heterocycles. The number of anilines is 1. The lowest BCUT2D eigenvalue weighted by Gasteiger charge is -2.23. The van der Waals surface area contributed by atoms with E-state index < -0.39 is 9.84 Å². The number of pyridine rings is 1. The molecular weight excluding hydrogens is 346 g/mol. The van der Waals surface area contributed by atoms with E-state index in [-0.39, 0.29) is 29.9 Å². The van der Waals surface area contributed by atoms with Crippen molar-refractivity contribution in [3.63, 3.8) is 0 Å². The van der Waals surface area contributed by atoms with Gasteiger partial charge in [0.25, 0.3) is 0 Å². The van der Waals surface area contributed by atoms with Crippen molar-refractivity contribution in [3.8, 4) is 0 Å². The van der Waals surface area contributed by atoms with Gasteiger partial charge in [-0.1, -0.05) is 0 Å². The predicted octanol–water partition coefficient (Wildman–Crippen LogP) is 0.868. The van der Waals surface area contributed by atoms with Gasteiger partial charge in [0.15, 0.2) is 9.84 Å². The summed E-state index contributed by atoms with van der Waals surface area (Å²) < 4.78 is 23.7. The van der Waals surface area contributed by atoms with Crippen LogP contribution in [0.15, 0.2) is 16.9 Å². The summed E-state index contributed by atoms with van der Waals surface area (Å²) in [6.45, 7) is 2.28. The number of nitrogens with zero attached hydrogens (tertiary/aromatic N) is 1. The first kappa shape index (κ1) is 15.4. The minimum atomic E-state index is -3.02. The number of halogens is 1. The standard InChI is InChI=1S/C12H16BrN3O3S/c1-8-4-9(6-15-12(8)13)16-11(17)5-10-7-20(18,19)3-2-14-10/h4,6,10,14H,2-3,5,7H2,1H3,(H,16,17). The number of carbonyl (C=O) groups excluding carboxylic acids is 1. The molecule has 1 unspecified atom stereocenters. The number of hydrogen-bond acceptors (Lipinski definition) is 5. The molecule has 6 nitrogen and oxygen atoms in total. The van der Waals surface area contributed by atoms with Crippen LogP contribution in [0.4, 0.5) is 5.69 Å². The van der Waals surface area contributed by atoms with Crippen molar-refractivity contribution in [2.75, 3.05) is 23.4 Å². The second-order valence-corrected chi connectivity index (χ2v) is 7.83. The van der Waals surface area contributed by atoms with Crippen molar-refractivity contribution in [3.05, 3.63) is 22.4 Å². The maximum absolute atomic E-state index is 11.9. The second-order valence-electron chi connectivity index (χ2n) is 4.85. The van der Waals surface area contributed by atoms with Crippen molar-refractivity contribution < 1.29 is 13.2 Å². The van der Waals surface area contributed by atoms with Crippen LogP contribution in [0.1, 0.15) is 12.0 Å². The monoisotopic (exact) mass is 361 g/mol. The number of sulfone groups is 1. The summed E-state index contributed by atoms with van der Waals surface area (Å²) in [5, 5.41) is 5.78. The molecule has 1 aromatic heterocycles. The van der Waals surface area contributed by atoms with Crippen LogP contribution in [0.3, 0.4) is 0 Å². The fourth-order valence-electron chi connectivity index (χ4n) is 2.06. The van der Waals surface area contributed by atoms with E-state index in [0.29, 0.717) is 12.2 Å². The fraction of sp³-hybridized carbons (Fsp3) is 0.500. The summed E-state index contributed by atoms with van der Waals surface area (Å²) in [4.78, 5) is 16.0. The SMILES string of the molecule is Cc1cc(NC(=O)CC2CS(=O)(=O)CCN2)cnc1Br. The highest BCUT2D eigenvalue weighted by molar-refractivity contribution is 9.10. The first-order chi connectivity index (χ1) is 9.35. The molecule has 2 N–H and O–H groups in total. The van der Waals surface area contributed by atoms with Crippen LogP contribution in [-0.2, 0) is 14.6 Å². The molecule has 1 aromatic rings. The number of aromatic nitrogens is 1. The topological polar surface area (TPSA) is 88.2 Å². The Morgan fingerprint density at radius 1 is 1.60 bits per heavy atom. The van der Waals surface area contributed by atoms with Gasteiger partial charge in [0.05, 0.1) is 23.4 Å². The van der Waals surface area contributed by atoms with Crippen molar-refractivity contribution in [2.24, 2.45) is 0 Å². The maximum Gasteiger partial charge on any atom is 0.226 e. The van der Waals surface area contributed by atoms with Crippen LogP contribution in [0.25, 0.3) is 0 Å². The molecule has 0 bridgehead atoms. The summed E-state index contributed by atoms with van der Waals surface area (Å²) in [7, 11) is -3.02. The van der Waals surface area contributed by atoms with Crippen molar-refractivity contribution in [2.45, 2.75) is 19.4 Å². The van der Waals surface area contributed by atoms with Gasteiger partial charge in [-0.3, -0.25) is 4.79 Å². The van der Waals surface area contributed by atoms with Gasteiger partial charge >= 0.3 is 0 Å². The molecule has 1 aliphatic heterocycles. The number of nitrogens with one attached hydrogen (secondary N) is 2. The highest BCUT2D eigenvalue weighted by atomic mass is 79.9. The van der Waals surface area contributed by atoms with E-state index in [4.69, 9.17) is 0 Å². The number of amides is 1. The average Bonchev–Trinajstić information content (AvgIpc) is 2.32. The summed E-state index contributed by atoms with van der Waals surface area (Å²) in [6, 6.07) is 1.48. The highest BCUT2D eigenvalue weighted by Gasteiger charge is 2.25. The summed E-state index contributed by atoms with van der Waals surface area (Å²) in [5.74, 6) is -0.0676. The minimum Gasteiger partial charge on any atom is -0.325 e. The zero-order valence-electron chi connectivity index (χ0n) is 11.0. The van der Waals surface area contributed by atoms with E-state index in [1.165, 1.54) is 0 Å². The largest absolute Gasteiger partial charge is 0.325 e. The maximum atomic E-state index is 11.9. The Morgan fingerprint density at radius 2 is 2.35 bits per heavy atom.